The van der Waals surface area contributed by atoms with E-state index in [1.807, 2.05) is 30.3 Å². The van der Waals surface area contributed by atoms with Crippen molar-refractivity contribution in [1.82, 2.24) is 5.32 Å². The largest absolute Gasteiger partial charge is 0.465 e. The number of rotatable bonds is 6. The number of carbonyl (C=O) groups is 1. The lowest BCUT2D eigenvalue weighted by Gasteiger charge is -2.20. The molecule has 1 unspecified atom stereocenters. The minimum atomic E-state index is -0.625. The number of benzene rings is 1. The van der Waals surface area contributed by atoms with Gasteiger partial charge in [0.15, 0.2) is 0 Å². The van der Waals surface area contributed by atoms with Gasteiger partial charge in [-0.1, -0.05) is 30.3 Å². The third kappa shape index (κ3) is 2.94. The molecule has 1 atom stereocenters. The fraction of sp³-hybridized carbons (Fsp3) is 0.467. The summed E-state index contributed by atoms with van der Waals surface area (Å²) in [5, 5.41) is 12.4. The van der Waals surface area contributed by atoms with E-state index >= 15 is 0 Å². The minimum absolute atomic E-state index is 0.248. The predicted octanol–water partition coefficient (Wildman–Crippen LogP) is 2.01. The van der Waals surface area contributed by atoms with E-state index in [-0.39, 0.29) is 5.97 Å². The molecular formula is C15H18N2O2. The lowest BCUT2D eigenvalue weighted by atomic mass is 9.97. The van der Waals surface area contributed by atoms with Crippen molar-refractivity contribution >= 4 is 5.97 Å². The van der Waals surface area contributed by atoms with Crippen molar-refractivity contribution in [1.29, 1.82) is 5.26 Å². The second-order valence-electron chi connectivity index (χ2n) is 4.81. The predicted molar refractivity (Wildman–Crippen MR) is 71.0 cm³/mol. The second kappa shape index (κ2) is 5.85. The zero-order chi connectivity index (χ0) is 13.7. The number of nitrogens with one attached hydrogen (secondary N) is 1. The Morgan fingerprint density at radius 1 is 1.47 bits per heavy atom. The first-order valence-electron chi connectivity index (χ1n) is 6.57. The molecule has 2 rings (SSSR count). The summed E-state index contributed by atoms with van der Waals surface area (Å²) in [5.74, 6) is -0.248. The van der Waals surface area contributed by atoms with Crippen molar-refractivity contribution in [2.75, 3.05) is 6.61 Å². The summed E-state index contributed by atoms with van der Waals surface area (Å²) in [6.45, 7) is 2.73. The van der Waals surface area contributed by atoms with Gasteiger partial charge in [0.25, 0.3) is 0 Å². The maximum Gasteiger partial charge on any atom is 0.314 e. The molecule has 4 nitrogen and oxygen atoms in total. The Hall–Kier alpha value is -1.86. The highest BCUT2D eigenvalue weighted by molar-refractivity contribution is 5.81. The van der Waals surface area contributed by atoms with Crippen LogP contribution in [0.15, 0.2) is 30.3 Å². The number of hydrogen-bond donors (Lipinski definition) is 1. The van der Waals surface area contributed by atoms with E-state index < -0.39 is 11.5 Å². The van der Waals surface area contributed by atoms with E-state index in [0.29, 0.717) is 13.2 Å². The number of ether oxygens (including phenoxy) is 1. The maximum absolute atomic E-state index is 11.9. The maximum atomic E-state index is 11.9. The van der Waals surface area contributed by atoms with Gasteiger partial charge in [0.2, 0.25) is 0 Å². The average Bonchev–Trinajstić information content (AvgIpc) is 3.23. The van der Waals surface area contributed by atoms with Crippen LogP contribution in [0.3, 0.4) is 0 Å². The van der Waals surface area contributed by atoms with Crippen molar-refractivity contribution in [3.8, 4) is 6.07 Å². The van der Waals surface area contributed by atoms with Gasteiger partial charge in [-0.3, -0.25) is 10.1 Å². The van der Waals surface area contributed by atoms with E-state index in [2.05, 4.69) is 11.4 Å². The Balaban J connectivity index is 1.98. The Morgan fingerprint density at radius 3 is 2.68 bits per heavy atom. The zero-order valence-electron chi connectivity index (χ0n) is 11.1. The van der Waals surface area contributed by atoms with Gasteiger partial charge in [-0.05, 0) is 25.3 Å². The van der Waals surface area contributed by atoms with Crippen LogP contribution >= 0.6 is 0 Å². The molecule has 19 heavy (non-hydrogen) atoms. The number of nitrogens with zero attached hydrogens (tertiary/aromatic N) is 1. The molecule has 1 aromatic rings. The summed E-state index contributed by atoms with van der Waals surface area (Å²) < 4.78 is 5.07. The molecule has 1 aromatic carbocycles. The molecule has 0 radical (unpaired) electrons. The highest BCUT2D eigenvalue weighted by Crippen LogP contribution is 2.49. The van der Waals surface area contributed by atoms with E-state index in [0.717, 1.165) is 18.4 Å². The Bertz CT molecular complexity index is 475. The Labute approximate surface area is 113 Å². The molecule has 1 aliphatic rings. The molecule has 100 valence electrons. The lowest BCUT2D eigenvalue weighted by Crippen LogP contribution is -2.41. The first-order chi connectivity index (χ1) is 9.23. The van der Waals surface area contributed by atoms with Crippen LogP contribution in [0, 0.1) is 16.7 Å². The van der Waals surface area contributed by atoms with E-state index in [4.69, 9.17) is 4.74 Å². The molecule has 4 heteroatoms. The summed E-state index contributed by atoms with van der Waals surface area (Å²) in [4.78, 5) is 11.9. The molecule has 0 bridgehead atoms. The van der Waals surface area contributed by atoms with Crippen molar-refractivity contribution in [2.45, 2.75) is 32.4 Å². The van der Waals surface area contributed by atoms with Crippen molar-refractivity contribution < 1.29 is 9.53 Å². The second-order valence-corrected chi connectivity index (χ2v) is 4.81. The third-order valence-electron chi connectivity index (χ3n) is 3.51. The van der Waals surface area contributed by atoms with Crippen LogP contribution in [0.5, 0.6) is 0 Å². The van der Waals surface area contributed by atoms with Gasteiger partial charge in [0.1, 0.15) is 6.04 Å². The van der Waals surface area contributed by atoms with Gasteiger partial charge in [0, 0.05) is 6.54 Å². The average molecular weight is 258 g/mol. The van der Waals surface area contributed by atoms with Gasteiger partial charge in [0.05, 0.1) is 18.1 Å². The van der Waals surface area contributed by atoms with Gasteiger partial charge < -0.3 is 4.74 Å². The van der Waals surface area contributed by atoms with Crippen LogP contribution in [-0.4, -0.2) is 18.6 Å². The fourth-order valence-electron chi connectivity index (χ4n) is 2.20. The molecule has 0 amide bonds. The fourth-order valence-corrected chi connectivity index (χ4v) is 2.20. The zero-order valence-corrected chi connectivity index (χ0v) is 11.1. The number of esters is 1. The SMILES string of the molecule is CCOC(=O)C1(C(C#N)NCc2ccccc2)CC1. The van der Waals surface area contributed by atoms with Crippen LogP contribution in [0.25, 0.3) is 0 Å². The van der Waals surface area contributed by atoms with Gasteiger partial charge >= 0.3 is 5.97 Å². The Morgan fingerprint density at radius 2 is 2.16 bits per heavy atom. The smallest absolute Gasteiger partial charge is 0.314 e. The minimum Gasteiger partial charge on any atom is -0.465 e. The summed E-state index contributed by atoms with van der Waals surface area (Å²) in [6.07, 6.45) is 1.46. The third-order valence-corrected chi connectivity index (χ3v) is 3.51. The Kier molecular flexibility index (Phi) is 4.18. The topological polar surface area (TPSA) is 62.1 Å². The van der Waals surface area contributed by atoms with Crippen molar-refractivity contribution in [3.05, 3.63) is 35.9 Å². The highest BCUT2D eigenvalue weighted by atomic mass is 16.5. The summed E-state index contributed by atoms with van der Waals surface area (Å²) in [6, 6.07) is 11.6. The van der Waals surface area contributed by atoms with Crippen molar-refractivity contribution in [3.63, 3.8) is 0 Å². The van der Waals surface area contributed by atoms with Crippen molar-refractivity contribution in [2.24, 2.45) is 5.41 Å². The van der Waals surface area contributed by atoms with Gasteiger partial charge in [-0.25, -0.2) is 0 Å². The molecule has 1 N–H and O–H groups in total. The van der Waals surface area contributed by atoms with E-state index in [1.165, 1.54) is 0 Å². The molecule has 0 saturated heterocycles. The summed E-state index contributed by atoms with van der Waals surface area (Å²) in [7, 11) is 0. The first-order valence-corrected chi connectivity index (χ1v) is 6.57. The van der Waals surface area contributed by atoms with Crippen LogP contribution < -0.4 is 5.32 Å². The van der Waals surface area contributed by atoms with Gasteiger partial charge in [-0.15, -0.1) is 0 Å². The molecule has 1 aliphatic carbocycles. The molecule has 0 aromatic heterocycles. The van der Waals surface area contributed by atoms with Crippen LogP contribution in [0.1, 0.15) is 25.3 Å². The summed E-state index contributed by atoms with van der Waals surface area (Å²) >= 11 is 0. The van der Waals surface area contributed by atoms with E-state index in [9.17, 15) is 10.1 Å². The molecular weight excluding hydrogens is 240 g/mol. The molecule has 1 saturated carbocycles. The van der Waals surface area contributed by atoms with Gasteiger partial charge in [-0.2, -0.15) is 5.26 Å². The monoisotopic (exact) mass is 258 g/mol. The summed E-state index contributed by atoms with van der Waals surface area (Å²) in [5.41, 5.74) is 0.474. The normalized spacial score (nSPS) is 17.3. The van der Waals surface area contributed by atoms with Crippen LogP contribution in [-0.2, 0) is 16.1 Å². The molecule has 0 heterocycles. The number of carbonyl (C=O) groups excluding carboxylic acids is 1. The lowest BCUT2D eigenvalue weighted by molar-refractivity contribution is -0.150. The standard InChI is InChI=1S/C15H18N2O2/c1-2-19-14(18)15(8-9-15)13(10-16)17-11-12-6-4-3-5-7-12/h3-7,13,17H,2,8-9,11H2,1H3. The van der Waals surface area contributed by atoms with E-state index in [1.54, 1.807) is 6.92 Å². The molecule has 0 aliphatic heterocycles. The van der Waals surface area contributed by atoms with Crippen LogP contribution in [0.2, 0.25) is 0 Å². The molecule has 1 fully saturated rings. The van der Waals surface area contributed by atoms with Crippen LogP contribution in [0.4, 0.5) is 0 Å². The highest BCUT2D eigenvalue weighted by Gasteiger charge is 2.57. The number of hydrogen-bond acceptors (Lipinski definition) is 4. The quantitative estimate of drug-likeness (QED) is 0.793. The first kappa shape index (κ1) is 13.6. The number of nitriles is 1. The molecule has 0 spiro atoms.